The lowest BCUT2D eigenvalue weighted by Crippen LogP contribution is -2.40. The summed E-state index contributed by atoms with van der Waals surface area (Å²) >= 11 is 6.33. The largest absolute Gasteiger partial charge is 0.524 e. The van der Waals surface area contributed by atoms with Crippen LogP contribution in [0, 0.1) is 0 Å². The fourth-order valence-corrected chi connectivity index (χ4v) is 4.87. The van der Waals surface area contributed by atoms with Gasteiger partial charge in [0.1, 0.15) is 36.1 Å². The lowest BCUT2D eigenvalue weighted by atomic mass is 9.85. The van der Waals surface area contributed by atoms with Crippen molar-refractivity contribution < 1.29 is 33.5 Å². The van der Waals surface area contributed by atoms with E-state index in [1.807, 2.05) is 19.8 Å². The Morgan fingerprint density at radius 1 is 1.27 bits per heavy atom. The van der Waals surface area contributed by atoms with E-state index in [9.17, 15) is 29.4 Å². The molecule has 2 heterocycles. The number of aromatic hydroxyl groups is 1. The fraction of sp³-hybridized carbons (Fsp3) is 0.286. The number of phenolic OH excluding ortho intramolecular Hbond substituents is 1. The molecule has 12 heteroatoms. The van der Waals surface area contributed by atoms with Crippen LogP contribution in [-0.2, 0) is 4.57 Å². The third-order valence-corrected chi connectivity index (χ3v) is 6.51. The molecule has 0 unspecified atom stereocenters. The number of β-amino-alcohol motifs (C(OH)–C–C–N with tert-alkyl or cyclic N) is 1. The molecule has 1 aliphatic rings. The van der Waals surface area contributed by atoms with Crippen molar-refractivity contribution in [1.29, 1.82) is 0 Å². The van der Waals surface area contributed by atoms with E-state index in [0.717, 1.165) is 11.5 Å². The van der Waals surface area contributed by atoms with Gasteiger partial charge in [0.2, 0.25) is 0 Å². The summed E-state index contributed by atoms with van der Waals surface area (Å²) in [6.07, 6.45) is -0.541. The van der Waals surface area contributed by atoms with Gasteiger partial charge in [-0.25, -0.2) is 4.57 Å². The smallest absolute Gasteiger partial charge is 0.507 e. The molecule has 4 rings (SSSR count). The number of rotatable bonds is 4. The van der Waals surface area contributed by atoms with Crippen LogP contribution in [0.2, 0.25) is 5.02 Å². The van der Waals surface area contributed by atoms with Gasteiger partial charge in [-0.15, -0.1) is 0 Å². The predicted molar refractivity (Wildman–Crippen MR) is 126 cm³/mol. The second kappa shape index (κ2) is 8.79. The quantitative estimate of drug-likeness (QED) is 0.313. The fourth-order valence-electron chi connectivity index (χ4n) is 4.25. The van der Waals surface area contributed by atoms with E-state index in [-0.39, 0.29) is 34.6 Å². The molecule has 3 aromatic rings. The molecule has 1 aromatic heterocycles. The van der Waals surface area contributed by atoms with Crippen molar-refractivity contribution in [3.8, 4) is 22.8 Å². The molecule has 1 aliphatic heterocycles. The Morgan fingerprint density at radius 2 is 2.00 bits per heavy atom. The van der Waals surface area contributed by atoms with E-state index >= 15 is 0 Å². The van der Waals surface area contributed by atoms with Crippen molar-refractivity contribution >= 4 is 43.7 Å². The van der Waals surface area contributed by atoms with Crippen molar-refractivity contribution in [2.24, 2.45) is 0 Å². The summed E-state index contributed by atoms with van der Waals surface area (Å²) in [6, 6.07) is 7.34. The number of fused-ring (bicyclic) bond motifs is 1. The lowest BCUT2D eigenvalue weighted by Gasteiger charge is -2.34. The average molecular weight is 494 g/mol. The summed E-state index contributed by atoms with van der Waals surface area (Å²) in [5.74, 6) is -1.48. The minimum atomic E-state index is -5.04. The van der Waals surface area contributed by atoms with Gasteiger partial charge in [-0.1, -0.05) is 29.2 Å². The zero-order chi connectivity index (χ0) is 24.1. The van der Waals surface area contributed by atoms with Gasteiger partial charge in [0.15, 0.2) is 5.43 Å². The van der Waals surface area contributed by atoms with E-state index in [2.05, 4.69) is 0 Å². The summed E-state index contributed by atoms with van der Waals surface area (Å²) in [7, 11) is -1.36. The number of nitrogens with zero attached hydrogens (tertiary/aromatic N) is 1. The molecule has 2 aromatic carbocycles. The van der Waals surface area contributed by atoms with Crippen molar-refractivity contribution in [1.82, 2.24) is 4.90 Å². The molecule has 33 heavy (non-hydrogen) atoms. The van der Waals surface area contributed by atoms with Crippen LogP contribution >= 0.6 is 19.4 Å². The molecule has 4 N–H and O–H groups in total. The number of benzene rings is 2. The first-order valence-corrected chi connectivity index (χ1v) is 12.1. The molecule has 1 fully saturated rings. The topological polar surface area (TPSA) is 141 Å². The van der Waals surface area contributed by atoms with Gasteiger partial charge in [0.05, 0.1) is 11.1 Å². The van der Waals surface area contributed by atoms with Gasteiger partial charge in [0.25, 0.3) is 0 Å². The lowest BCUT2D eigenvalue weighted by molar-refractivity contribution is 0.0632. The number of phenols is 1. The second-order valence-corrected chi connectivity index (χ2v) is 9.85. The highest BCUT2D eigenvalue weighted by atomic mass is 35.5. The second-order valence-electron chi connectivity index (χ2n) is 8.28. The first kappa shape index (κ1) is 23.8. The molecule has 0 spiro atoms. The normalized spacial score (nSPS) is 19.7. The van der Waals surface area contributed by atoms with Crippen molar-refractivity contribution in [2.75, 3.05) is 20.1 Å². The summed E-state index contributed by atoms with van der Waals surface area (Å²) < 4.78 is 22.6. The number of piperidine rings is 1. The van der Waals surface area contributed by atoms with E-state index in [1.54, 1.807) is 18.2 Å². The van der Waals surface area contributed by atoms with Crippen LogP contribution in [0.3, 0.4) is 0 Å². The van der Waals surface area contributed by atoms with E-state index in [4.69, 9.17) is 20.5 Å². The first-order valence-electron chi connectivity index (χ1n) is 10.2. The van der Waals surface area contributed by atoms with Gasteiger partial charge in [0, 0.05) is 35.7 Å². The number of hydrogen-bond acceptors (Lipinski definition) is 7. The monoisotopic (exact) mass is 493 g/mol. The maximum absolute atomic E-state index is 13.0. The van der Waals surface area contributed by atoms with Gasteiger partial charge in [-0.3, -0.25) is 14.6 Å². The number of hydrogen-bond donors (Lipinski definition) is 4. The maximum atomic E-state index is 13.0. The van der Waals surface area contributed by atoms with Crippen LogP contribution in [0.25, 0.3) is 22.3 Å². The highest BCUT2D eigenvalue weighted by Gasteiger charge is 2.35. The van der Waals surface area contributed by atoms with E-state index < -0.39 is 31.0 Å². The number of phosphoric ester groups is 1. The molecule has 0 saturated carbocycles. The summed E-state index contributed by atoms with van der Waals surface area (Å²) in [6.45, 7) is 0.864. The third-order valence-electron chi connectivity index (χ3n) is 5.74. The molecule has 0 bridgehead atoms. The van der Waals surface area contributed by atoms with E-state index in [1.165, 1.54) is 6.07 Å². The van der Waals surface area contributed by atoms with Gasteiger partial charge >= 0.3 is 7.82 Å². The van der Waals surface area contributed by atoms with Gasteiger partial charge < -0.3 is 24.1 Å². The minimum Gasteiger partial charge on any atom is -0.507 e. The Morgan fingerprint density at radius 3 is 2.67 bits per heavy atom. The molecule has 2 atom stereocenters. The Kier molecular flexibility index (Phi) is 6.35. The zero-order valence-corrected chi connectivity index (χ0v) is 19.5. The minimum absolute atomic E-state index is 0.106. The predicted octanol–water partition coefficient (Wildman–Crippen LogP) is 1.33. The van der Waals surface area contributed by atoms with Crippen molar-refractivity contribution in [2.45, 2.75) is 18.4 Å². The van der Waals surface area contributed by atoms with Crippen LogP contribution in [0.4, 0.5) is 0 Å². The number of likely N-dealkylation sites (N-methyl/N-ethyl adjacent to an activating group) is 1. The molecule has 174 valence electrons. The van der Waals surface area contributed by atoms with E-state index in [0.29, 0.717) is 23.6 Å². The number of phosphoric acid groups is 1. The summed E-state index contributed by atoms with van der Waals surface area (Å²) in [5.41, 5.74) is 0.713. The Bertz CT molecular complexity index is 1340. The highest BCUT2D eigenvalue weighted by molar-refractivity contribution is 7.46. The molecule has 9 nitrogen and oxygen atoms in total. The molecule has 0 amide bonds. The van der Waals surface area contributed by atoms with Crippen LogP contribution in [0.5, 0.6) is 11.5 Å². The highest BCUT2D eigenvalue weighted by Crippen LogP contribution is 2.48. The number of aliphatic hydroxyl groups excluding tert-OH is 1. The SMILES string of the molecule is Bc1ccc(Cl)c(-c2cc(=O)c3c(O)cc(OP(=O)(O)O)c([C@H]4CCN(C)C[C@H]4O)c3o2)c1. The van der Waals surface area contributed by atoms with Crippen molar-refractivity contribution in [3.63, 3.8) is 0 Å². The summed E-state index contributed by atoms with van der Waals surface area (Å²) in [4.78, 5) is 33.8. The van der Waals surface area contributed by atoms with Gasteiger partial charge in [-0.05, 0) is 26.1 Å². The van der Waals surface area contributed by atoms with Crippen LogP contribution in [0.15, 0.2) is 39.5 Å². The maximum Gasteiger partial charge on any atom is 0.524 e. The molecule has 0 radical (unpaired) electrons. The Labute approximate surface area is 194 Å². The molecular formula is C21H22BClNO8P. The standard InChI is InChI=1S/C21H22BClNO8P/c1-24-5-4-11(16(27)9-24)19-18(32-33(28,29)30)8-15(26)20-14(25)7-17(31-21(19)20)12-6-10(22)2-3-13(12)23/h2-3,6-8,11,16,26-27H,4-5,9,22H2,1H3,(H2,28,29,30)/t11-,16+/m0/s1. The Balaban J connectivity index is 2.06. The molecular weight excluding hydrogens is 471 g/mol. The summed E-state index contributed by atoms with van der Waals surface area (Å²) in [5, 5.41) is 21.5. The van der Waals surface area contributed by atoms with Gasteiger partial charge in [-0.2, -0.15) is 0 Å². The van der Waals surface area contributed by atoms with Crippen LogP contribution in [-0.4, -0.2) is 59.0 Å². The first-order chi connectivity index (χ1) is 15.4. The molecule has 0 aliphatic carbocycles. The Hall–Kier alpha value is -2.33. The van der Waals surface area contributed by atoms with Crippen molar-refractivity contribution in [3.05, 3.63) is 51.1 Å². The molecule has 1 saturated heterocycles. The third kappa shape index (κ3) is 4.82. The number of halogens is 1. The number of aliphatic hydroxyl groups is 1. The average Bonchev–Trinajstić information content (AvgIpc) is 2.69. The van der Waals surface area contributed by atoms with Crippen LogP contribution < -0.4 is 15.4 Å². The van der Waals surface area contributed by atoms with Crippen LogP contribution in [0.1, 0.15) is 17.9 Å². The number of likely N-dealkylation sites (tertiary alicyclic amines) is 1. The zero-order valence-electron chi connectivity index (χ0n) is 17.9.